The zero-order valence-electron chi connectivity index (χ0n) is 13.4. The van der Waals surface area contributed by atoms with E-state index in [9.17, 15) is 19.7 Å². The number of carboxylic acid groups (broad SMARTS) is 1. The lowest BCUT2D eigenvalue weighted by Crippen LogP contribution is -2.42. The van der Waals surface area contributed by atoms with Crippen molar-refractivity contribution in [3.8, 4) is 11.5 Å². The van der Waals surface area contributed by atoms with E-state index >= 15 is 0 Å². The van der Waals surface area contributed by atoms with Crippen molar-refractivity contribution < 1.29 is 29.1 Å². The Morgan fingerprint density at radius 2 is 1.92 bits per heavy atom. The summed E-state index contributed by atoms with van der Waals surface area (Å²) in [7, 11) is 2.70. The number of benzene rings is 1. The van der Waals surface area contributed by atoms with Gasteiger partial charge in [-0.1, -0.05) is 0 Å². The topological polar surface area (TPSA) is 119 Å². The van der Waals surface area contributed by atoms with E-state index in [0.29, 0.717) is 19.4 Å². The molecule has 0 aliphatic carbocycles. The minimum atomic E-state index is -0.977. The van der Waals surface area contributed by atoms with Crippen LogP contribution in [0.1, 0.15) is 23.2 Å². The summed E-state index contributed by atoms with van der Waals surface area (Å²) in [6, 6.07) is 2.38. The maximum Gasteiger partial charge on any atom is 0.308 e. The van der Waals surface area contributed by atoms with Crippen molar-refractivity contribution in [3.63, 3.8) is 0 Å². The lowest BCUT2D eigenvalue weighted by atomic mass is 9.97. The molecule has 9 nitrogen and oxygen atoms in total. The third-order valence-electron chi connectivity index (χ3n) is 3.99. The van der Waals surface area contributed by atoms with Gasteiger partial charge in [0.1, 0.15) is 5.56 Å². The molecule has 0 spiro atoms. The number of likely N-dealkylation sites (tertiary alicyclic amines) is 1. The van der Waals surface area contributed by atoms with Crippen LogP contribution in [0.3, 0.4) is 0 Å². The van der Waals surface area contributed by atoms with E-state index in [1.807, 2.05) is 0 Å². The van der Waals surface area contributed by atoms with Crippen LogP contribution in [0.15, 0.2) is 12.1 Å². The van der Waals surface area contributed by atoms with Gasteiger partial charge in [-0.15, -0.1) is 0 Å². The second kappa shape index (κ2) is 7.16. The third-order valence-corrected chi connectivity index (χ3v) is 3.99. The van der Waals surface area contributed by atoms with Gasteiger partial charge in [0.15, 0.2) is 11.5 Å². The van der Waals surface area contributed by atoms with E-state index in [2.05, 4.69) is 0 Å². The molecule has 1 aliphatic heterocycles. The van der Waals surface area contributed by atoms with Crippen molar-refractivity contribution in [1.82, 2.24) is 4.90 Å². The molecule has 0 bridgehead atoms. The number of nitro benzene ring substituents is 1. The average Bonchev–Trinajstić information content (AvgIpc) is 2.59. The Hall–Kier alpha value is -2.84. The summed E-state index contributed by atoms with van der Waals surface area (Å²) in [5, 5.41) is 20.4. The molecule has 1 aliphatic rings. The fourth-order valence-corrected chi connectivity index (χ4v) is 2.72. The van der Waals surface area contributed by atoms with Crippen LogP contribution in [0.5, 0.6) is 11.5 Å². The summed E-state index contributed by atoms with van der Waals surface area (Å²) >= 11 is 0. The number of hydrogen-bond donors (Lipinski definition) is 1. The van der Waals surface area contributed by atoms with Crippen molar-refractivity contribution >= 4 is 17.6 Å². The van der Waals surface area contributed by atoms with Gasteiger partial charge < -0.3 is 19.5 Å². The molecule has 1 saturated heterocycles. The van der Waals surface area contributed by atoms with Gasteiger partial charge in [0.2, 0.25) is 0 Å². The minimum absolute atomic E-state index is 0.0274. The predicted octanol–water partition coefficient (Wildman–Crippen LogP) is 1.55. The Balaban J connectivity index is 2.40. The normalized spacial score (nSPS) is 17.2. The first-order chi connectivity index (χ1) is 11.4. The monoisotopic (exact) mass is 338 g/mol. The van der Waals surface area contributed by atoms with E-state index in [1.165, 1.54) is 25.2 Å². The smallest absolute Gasteiger partial charge is 0.308 e. The maximum absolute atomic E-state index is 12.7. The number of carbonyl (C=O) groups is 2. The maximum atomic E-state index is 12.7. The summed E-state index contributed by atoms with van der Waals surface area (Å²) in [5.41, 5.74) is -0.557. The molecule has 1 heterocycles. The molecule has 1 amide bonds. The molecule has 9 heteroatoms. The summed E-state index contributed by atoms with van der Waals surface area (Å²) < 4.78 is 10.1. The zero-order chi connectivity index (χ0) is 17.9. The SMILES string of the molecule is COc1cc(C(=O)N2CCC[C@@H](C(=O)O)C2)c([N+](=O)[O-])cc1OC. The van der Waals surface area contributed by atoms with Crippen molar-refractivity contribution in [1.29, 1.82) is 0 Å². The lowest BCUT2D eigenvalue weighted by Gasteiger charge is -2.30. The van der Waals surface area contributed by atoms with Gasteiger partial charge >= 0.3 is 5.97 Å². The van der Waals surface area contributed by atoms with Crippen LogP contribution in [-0.4, -0.2) is 54.1 Å². The molecule has 1 aromatic rings. The van der Waals surface area contributed by atoms with Gasteiger partial charge in [0, 0.05) is 19.2 Å². The Morgan fingerprint density at radius 1 is 1.29 bits per heavy atom. The van der Waals surface area contributed by atoms with Gasteiger partial charge in [0.25, 0.3) is 11.6 Å². The van der Waals surface area contributed by atoms with E-state index < -0.39 is 28.4 Å². The Bertz CT molecular complexity index is 674. The van der Waals surface area contributed by atoms with Crippen LogP contribution in [0.4, 0.5) is 5.69 Å². The minimum Gasteiger partial charge on any atom is -0.493 e. The molecule has 1 N–H and O–H groups in total. The summed E-state index contributed by atoms with van der Waals surface area (Å²) in [5.74, 6) is -1.90. The first-order valence-corrected chi connectivity index (χ1v) is 7.31. The van der Waals surface area contributed by atoms with Crippen LogP contribution in [0.2, 0.25) is 0 Å². The highest BCUT2D eigenvalue weighted by Gasteiger charge is 2.32. The van der Waals surface area contributed by atoms with Gasteiger partial charge in [-0.2, -0.15) is 0 Å². The zero-order valence-corrected chi connectivity index (χ0v) is 13.4. The van der Waals surface area contributed by atoms with Crippen LogP contribution in [-0.2, 0) is 4.79 Å². The Labute approximate surface area is 137 Å². The molecular formula is C15H18N2O7. The second-order valence-electron chi connectivity index (χ2n) is 5.41. The van der Waals surface area contributed by atoms with Crippen molar-refractivity contribution in [3.05, 3.63) is 27.8 Å². The van der Waals surface area contributed by atoms with E-state index in [1.54, 1.807) is 0 Å². The summed E-state index contributed by atoms with van der Waals surface area (Å²) in [4.78, 5) is 35.8. The van der Waals surface area contributed by atoms with Crippen LogP contribution >= 0.6 is 0 Å². The van der Waals surface area contributed by atoms with Gasteiger partial charge in [-0.05, 0) is 12.8 Å². The highest BCUT2D eigenvalue weighted by molar-refractivity contribution is 5.99. The van der Waals surface area contributed by atoms with Gasteiger partial charge in [0.05, 0.1) is 31.1 Å². The number of piperidine rings is 1. The molecule has 24 heavy (non-hydrogen) atoms. The molecule has 0 radical (unpaired) electrons. The molecule has 1 fully saturated rings. The van der Waals surface area contributed by atoms with Crippen LogP contribution < -0.4 is 9.47 Å². The highest BCUT2D eigenvalue weighted by Crippen LogP contribution is 2.35. The number of carbonyl (C=O) groups excluding carboxylic acids is 1. The second-order valence-corrected chi connectivity index (χ2v) is 5.41. The molecule has 0 unspecified atom stereocenters. The molecular weight excluding hydrogens is 320 g/mol. The number of amides is 1. The first-order valence-electron chi connectivity index (χ1n) is 7.31. The van der Waals surface area contributed by atoms with Crippen molar-refractivity contribution in [2.45, 2.75) is 12.8 Å². The molecule has 0 aromatic heterocycles. The number of hydrogen-bond acceptors (Lipinski definition) is 6. The van der Waals surface area contributed by atoms with Crippen LogP contribution in [0, 0.1) is 16.0 Å². The number of nitro groups is 1. The van der Waals surface area contributed by atoms with Gasteiger partial charge in [-0.3, -0.25) is 19.7 Å². The largest absolute Gasteiger partial charge is 0.493 e. The summed E-state index contributed by atoms with van der Waals surface area (Å²) in [6.07, 6.45) is 1.01. The fraction of sp³-hybridized carbons (Fsp3) is 0.467. The average molecular weight is 338 g/mol. The number of ether oxygens (including phenoxy) is 2. The molecule has 1 aromatic carbocycles. The number of carboxylic acids is 1. The quantitative estimate of drug-likeness (QED) is 0.639. The molecule has 0 saturated carbocycles. The predicted molar refractivity (Wildman–Crippen MR) is 82.5 cm³/mol. The first kappa shape index (κ1) is 17.5. The number of aliphatic carboxylic acids is 1. The number of rotatable bonds is 5. The van der Waals surface area contributed by atoms with E-state index in [-0.39, 0.29) is 23.6 Å². The summed E-state index contributed by atoms with van der Waals surface area (Å²) in [6.45, 7) is 0.383. The van der Waals surface area contributed by atoms with Crippen molar-refractivity contribution in [2.75, 3.05) is 27.3 Å². The Kier molecular flexibility index (Phi) is 5.22. The van der Waals surface area contributed by atoms with E-state index in [0.717, 1.165) is 6.07 Å². The third kappa shape index (κ3) is 3.39. The standard InChI is InChI=1S/C15H18N2O7/c1-23-12-6-10(11(17(21)22)7-13(12)24-2)14(18)16-5-3-4-9(8-16)15(19)20/h6-7,9H,3-5,8H2,1-2H3,(H,19,20)/t9-/m1/s1. The molecule has 2 rings (SSSR count). The lowest BCUT2D eigenvalue weighted by molar-refractivity contribution is -0.385. The van der Waals surface area contributed by atoms with E-state index in [4.69, 9.17) is 14.6 Å². The van der Waals surface area contributed by atoms with Crippen molar-refractivity contribution in [2.24, 2.45) is 5.92 Å². The molecule has 1 atom stereocenters. The number of methoxy groups -OCH3 is 2. The fourth-order valence-electron chi connectivity index (χ4n) is 2.72. The van der Waals surface area contributed by atoms with Crippen LogP contribution in [0.25, 0.3) is 0 Å². The number of nitrogens with zero attached hydrogens (tertiary/aromatic N) is 2. The van der Waals surface area contributed by atoms with Gasteiger partial charge in [-0.25, -0.2) is 0 Å². The Morgan fingerprint density at radius 3 is 2.46 bits per heavy atom. The highest BCUT2D eigenvalue weighted by atomic mass is 16.6. The molecule has 130 valence electrons.